The van der Waals surface area contributed by atoms with E-state index in [1.165, 1.54) is 12.1 Å². The van der Waals surface area contributed by atoms with Gasteiger partial charge in [0.25, 0.3) is 0 Å². The molecule has 25 heteroatoms. The van der Waals surface area contributed by atoms with Gasteiger partial charge in [0.1, 0.15) is 49.5 Å². The lowest BCUT2D eigenvalue weighted by Gasteiger charge is -2.35. The van der Waals surface area contributed by atoms with E-state index < -0.39 is 42.5 Å². The van der Waals surface area contributed by atoms with E-state index in [2.05, 4.69) is 55.7 Å². The van der Waals surface area contributed by atoms with Gasteiger partial charge in [0.05, 0.1) is 60.6 Å². The highest BCUT2D eigenvalue weighted by atomic mass is 19.1. The minimum Gasteiger partial charge on any atom is -0.486 e. The number of piperazine rings is 2. The van der Waals surface area contributed by atoms with Crippen LogP contribution in [-0.2, 0) is 9.59 Å². The number of pyridine rings is 2. The number of carboxylic acid groups (broad SMARTS) is 1. The van der Waals surface area contributed by atoms with E-state index >= 15 is 0 Å². The van der Waals surface area contributed by atoms with Gasteiger partial charge in [-0.2, -0.15) is 0 Å². The number of aliphatic hydroxyl groups is 2. The summed E-state index contributed by atoms with van der Waals surface area (Å²) >= 11 is 0. The molecule has 0 atom stereocenters. The summed E-state index contributed by atoms with van der Waals surface area (Å²) in [5, 5.41) is 33.4. The second kappa shape index (κ2) is 25.1. The average molecular weight is 1070 g/mol. The van der Waals surface area contributed by atoms with Crippen molar-refractivity contribution in [2.45, 2.75) is 39.8 Å². The van der Waals surface area contributed by atoms with Crippen LogP contribution in [0.2, 0.25) is 0 Å². The first-order valence-electron chi connectivity index (χ1n) is 25.0. The summed E-state index contributed by atoms with van der Waals surface area (Å²) < 4.78 is 70.4. The van der Waals surface area contributed by atoms with Crippen LogP contribution in [0.3, 0.4) is 0 Å². The van der Waals surface area contributed by atoms with E-state index in [1.54, 1.807) is 35.5 Å². The van der Waals surface area contributed by atoms with Crippen LogP contribution in [0, 0.1) is 23.3 Å². The summed E-state index contributed by atoms with van der Waals surface area (Å²) in [5.41, 5.74) is 3.64. The third-order valence-electron chi connectivity index (χ3n) is 12.8. The number of ether oxygens (including phenoxy) is 2. The van der Waals surface area contributed by atoms with Gasteiger partial charge in [-0.15, -0.1) is 0 Å². The molecule has 10 rings (SSSR count). The standard InChI is InChI=1S/C26H29F2N7O3.C24H27F2N7O.C2H4O3/c1-16(2)35-9-10-38-25-19(27)11-17(12-21(25)35)24-20(28)14-30-26(32-24)31-22-4-3-18(13-29-22)33-5-7-34(8-6-33)23(37)15-36;1-15(2)33-9-10-34-23-18(25)11-16(12-20(23)33)22-19(26)14-29-24(31-22)30-21-4-3-17(13-28-21)32-7-5-27-6-8-32;3-1-2(4)5/h3-4,11-14,16,36H,5-10,15H2,1-2H3,(H,29,30,31,32);3-4,11-15,27H,5-10H2,1-2H3,(H,28,29,30,31);3H,1H2,(H,4,5). The molecule has 6 aromatic rings. The van der Waals surface area contributed by atoms with Crippen molar-refractivity contribution in [2.75, 3.05) is 122 Å². The molecule has 0 saturated carbocycles. The van der Waals surface area contributed by atoms with Crippen LogP contribution in [0.25, 0.3) is 22.5 Å². The van der Waals surface area contributed by atoms with Gasteiger partial charge in [-0.1, -0.05) is 0 Å². The Hall–Kier alpha value is -8.16. The zero-order valence-corrected chi connectivity index (χ0v) is 42.9. The Labute approximate surface area is 441 Å². The zero-order chi connectivity index (χ0) is 54.8. The van der Waals surface area contributed by atoms with Crippen LogP contribution in [0.5, 0.6) is 11.5 Å². The molecule has 4 aliphatic heterocycles. The molecule has 4 aromatic heterocycles. The Morgan fingerprint density at radius 3 is 1.43 bits per heavy atom. The van der Waals surface area contributed by atoms with Crippen LogP contribution >= 0.6 is 0 Å². The van der Waals surface area contributed by atoms with Gasteiger partial charge < -0.3 is 65.2 Å². The number of aliphatic carboxylic acids is 1. The van der Waals surface area contributed by atoms with Crippen molar-refractivity contribution in [3.05, 3.63) is 96.6 Å². The molecular weight excluding hydrogens is 1010 g/mol. The third kappa shape index (κ3) is 13.5. The number of carboxylic acids is 1. The molecule has 2 saturated heterocycles. The predicted octanol–water partition coefficient (Wildman–Crippen LogP) is 5.45. The van der Waals surface area contributed by atoms with Crippen molar-refractivity contribution in [1.29, 1.82) is 0 Å². The number of aromatic nitrogens is 6. The highest BCUT2D eigenvalue weighted by Crippen LogP contribution is 2.41. The number of hydrogen-bond donors (Lipinski definition) is 6. The van der Waals surface area contributed by atoms with Crippen molar-refractivity contribution in [1.82, 2.24) is 40.1 Å². The Morgan fingerprint density at radius 1 is 0.597 bits per heavy atom. The molecule has 8 heterocycles. The normalized spacial score (nSPS) is 15.0. The second-order valence-corrected chi connectivity index (χ2v) is 18.5. The number of amides is 1. The fourth-order valence-electron chi connectivity index (χ4n) is 8.97. The number of halogens is 4. The molecule has 77 heavy (non-hydrogen) atoms. The molecule has 0 bridgehead atoms. The van der Waals surface area contributed by atoms with Crippen molar-refractivity contribution in [3.8, 4) is 34.0 Å². The van der Waals surface area contributed by atoms with Crippen LogP contribution in [0.4, 0.5) is 63.8 Å². The summed E-state index contributed by atoms with van der Waals surface area (Å²) in [6.07, 6.45) is 5.60. The highest BCUT2D eigenvalue weighted by molar-refractivity contribution is 5.78. The van der Waals surface area contributed by atoms with Crippen LogP contribution < -0.4 is 45.0 Å². The van der Waals surface area contributed by atoms with Gasteiger partial charge in [0, 0.05) is 75.6 Å². The van der Waals surface area contributed by atoms with Gasteiger partial charge in [0.2, 0.25) is 17.8 Å². The van der Waals surface area contributed by atoms with Crippen molar-refractivity contribution in [2.24, 2.45) is 0 Å². The van der Waals surface area contributed by atoms with E-state index in [4.69, 9.17) is 29.6 Å². The fraction of sp³-hybridized carbons (Fsp3) is 0.385. The number of benzene rings is 2. The van der Waals surface area contributed by atoms with Crippen molar-refractivity contribution < 1.29 is 51.9 Å². The van der Waals surface area contributed by atoms with Crippen LogP contribution in [0.15, 0.2) is 73.3 Å². The monoisotopic (exact) mass is 1070 g/mol. The Bertz CT molecular complexity index is 3000. The van der Waals surface area contributed by atoms with E-state index in [1.807, 2.05) is 55.7 Å². The summed E-state index contributed by atoms with van der Waals surface area (Å²) in [4.78, 5) is 56.4. The van der Waals surface area contributed by atoms with Gasteiger partial charge in [-0.25, -0.2) is 52.3 Å². The molecule has 4 aliphatic rings. The number of carbonyl (C=O) groups is 2. The van der Waals surface area contributed by atoms with E-state index in [0.29, 0.717) is 81.1 Å². The van der Waals surface area contributed by atoms with Crippen molar-refractivity contribution >= 4 is 58.2 Å². The van der Waals surface area contributed by atoms with Gasteiger partial charge >= 0.3 is 5.97 Å². The van der Waals surface area contributed by atoms with E-state index in [-0.39, 0.29) is 58.3 Å². The molecule has 2 aromatic carbocycles. The molecule has 21 nitrogen and oxygen atoms in total. The van der Waals surface area contributed by atoms with Gasteiger partial charge in [0.15, 0.2) is 34.8 Å². The maximum absolute atomic E-state index is 14.9. The molecular formula is C52H60F4N14O7. The topological polar surface area (TPSA) is 243 Å². The predicted molar refractivity (Wildman–Crippen MR) is 281 cm³/mol. The summed E-state index contributed by atoms with van der Waals surface area (Å²) in [7, 11) is 0. The largest absolute Gasteiger partial charge is 0.486 e. The molecule has 0 unspecified atom stereocenters. The average Bonchev–Trinajstić information content (AvgIpc) is 3.45. The Morgan fingerprint density at radius 2 is 1.04 bits per heavy atom. The first kappa shape index (κ1) is 55.1. The SMILES string of the molecule is CC(C)N1CCOc2c(F)cc(-c3nc(Nc4ccc(N5CCN(C(=O)CO)CC5)cn4)ncc3F)cc21.CC(C)N1CCOc2c(F)cc(-c3nc(Nc4ccc(N5CCNCC5)cn4)ncc3F)cc21.O=C(O)CO. The molecule has 0 radical (unpaired) electrons. The minimum atomic E-state index is -1.19. The number of fused-ring (bicyclic) bond motifs is 2. The first-order valence-corrected chi connectivity index (χ1v) is 25.0. The first-order chi connectivity index (χ1) is 37.1. The van der Waals surface area contributed by atoms with Gasteiger partial charge in [-0.3, -0.25) is 4.79 Å². The maximum atomic E-state index is 14.9. The van der Waals surface area contributed by atoms with Crippen molar-refractivity contribution in [3.63, 3.8) is 0 Å². The lowest BCUT2D eigenvalue weighted by Crippen LogP contribution is -2.49. The third-order valence-corrected chi connectivity index (χ3v) is 12.8. The van der Waals surface area contributed by atoms with Gasteiger partial charge in [-0.05, 0) is 76.2 Å². The molecule has 0 spiro atoms. The number of nitrogens with zero attached hydrogens (tertiary/aromatic N) is 11. The van der Waals surface area contributed by atoms with Crippen LogP contribution in [-0.4, -0.2) is 166 Å². The quantitative estimate of drug-likeness (QED) is 0.0835. The number of rotatable bonds is 12. The number of anilines is 8. The maximum Gasteiger partial charge on any atom is 0.329 e. The Kier molecular flexibility index (Phi) is 18.0. The number of hydrogen-bond acceptors (Lipinski definition) is 19. The molecule has 6 N–H and O–H groups in total. The van der Waals surface area contributed by atoms with E-state index in [0.717, 1.165) is 49.9 Å². The minimum absolute atomic E-state index is 0.00548. The number of carbonyl (C=O) groups excluding carboxylic acids is 1. The number of nitrogens with one attached hydrogen (secondary N) is 3. The number of aliphatic hydroxyl groups excluding tert-OH is 2. The smallest absolute Gasteiger partial charge is 0.329 e. The lowest BCUT2D eigenvalue weighted by molar-refractivity contribution is -0.140. The van der Waals surface area contributed by atoms with E-state index in [9.17, 15) is 22.4 Å². The molecule has 2 fully saturated rings. The summed E-state index contributed by atoms with van der Waals surface area (Å²) in [6, 6.07) is 13.6. The highest BCUT2D eigenvalue weighted by Gasteiger charge is 2.28. The summed E-state index contributed by atoms with van der Waals surface area (Å²) in [5.74, 6) is -2.27. The fourth-order valence-corrected chi connectivity index (χ4v) is 8.97. The Balaban J connectivity index is 0.000000188. The zero-order valence-electron chi connectivity index (χ0n) is 42.9. The summed E-state index contributed by atoms with van der Waals surface area (Å²) in [6.45, 7) is 14.8. The molecule has 0 aliphatic carbocycles. The molecule has 1 amide bonds. The lowest BCUT2D eigenvalue weighted by atomic mass is 10.1. The van der Waals surface area contributed by atoms with Crippen LogP contribution in [0.1, 0.15) is 27.7 Å². The second-order valence-electron chi connectivity index (χ2n) is 18.5. The molecule has 408 valence electrons.